The Kier molecular flexibility index (Phi) is 7.30. The molecule has 0 radical (unpaired) electrons. The number of carbonyl (C=O) groups excluding carboxylic acids is 1. The number of hydrogen-bond donors (Lipinski definition) is 2. The quantitative estimate of drug-likeness (QED) is 0.759. The molecule has 1 rings (SSSR count). The van der Waals surface area contributed by atoms with Gasteiger partial charge in [-0.05, 0) is 66.0 Å². The SMILES string of the molecule is CC(C)(C)OC(=O)N1CCCC(NCCCCN)CC1. The summed E-state index contributed by atoms with van der Waals surface area (Å²) < 4.78 is 5.43. The van der Waals surface area contributed by atoms with E-state index in [1.807, 2.05) is 25.7 Å². The molecular formula is C15H31N3O2. The maximum absolute atomic E-state index is 12.0. The number of amides is 1. The van der Waals surface area contributed by atoms with E-state index in [1.54, 1.807) is 0 Å². The van der Waals surface area contributed by atoms with E-state index in [-0.39, 0.29) is 6.09 Å². The Labute approximate surface area is 123 Å². The van der Waals surface area contributed by atoms with Crippen LogP contribution < -0.4 is 11.1 Å². The number of unbranched alkanes of at least 4 members (excludes halogenated alkanes) is 1. The largest absolute Gasteiger partial charge is 0.444 e. The van der Waals surface area contributed by atoms with Gasteiger partial charge in [0.25, 0.3) is 0 Å². The van der Waals surface area contributed by atoms with E-state index in [0.717, 1.165) is 58.3 Å². The second kappa shape index (κ2) is 8.47. The van der Waals surface area contributed by atoms with Crippen molar-refractivity contribution in [3.05, 3.63) is 0 Å². The average Bonchev–Trinajstić information content (AvgIpc) is 2.58. The van der Waals surface area contributed by atoms with Gasteiger partial charge in [-0.1, -0.05) is 0 Å². The van der Waals surface area contributed by atoms with Gasteiger partial charge in [0, 0.05) is 19.1 Å². The highest BCUT2D eigenvalue weighted by atomic mass is 16.6. The summed E-state index contributed by atoms with van der Waals surface area (Å²) in [6, 6.07) is 0.514. The Balaban J connectivity index is 2.30. The average molecular weight is 285 g/mol. The van der Waals surface area contributed by atoms with Gasteiger partial charge in [-0.15, -0.1) is 0 Å². The van der Waals surface area contributed by atoms with E-state index < -0.39 is 5.60 Å². The van der Waals surface area contributed by atoms with Crippen molar-refractivity contribution in [2.75, 3.05) is 26.2 Å². The molecule has 5 nitrogen and oxygen atoms in total. The molecular weight excluding hydrogens is 254 g/mol. The van der Waals surface area contributed by atoms with Crippen LogP contribution in [0.3, 0.4) is 0 Å². The lowest BCUT2D eigenvalue weighted by Crippen LogP contribution is -2.38. The summed E-state index contributed by atoms with van der Waals surface area (Å²) in [5.74, 6) is 0. The fourth-order valence-electron chi connectivity index (χ4n) is 2.39. The molecule has 1 atom stereocenters. The van der Waals surface area contributed by atoms with Crippen LogP contribution in [-0.4, -0.2) is 48.8 Å². The lowest BCUT2D eigenvalue weighted by molar-refractivity contribution is 0.0256. The number of nitrogens with zero attached hydrogens (tertiary/aromatic N) is 1. The lowest BCUT2D eigenvalue weighted by atomic mass is 10.1. The summed E-state index contributed by atoms with van der Waals surface area (Å²) in [6.45, 7) is 9.09. The summed E-state index contributed by atoms with van der Waals surface area (Å²) in [5, 5.41) is 3.57. The zero-order chi connectivity index (χ0) is 15.0. The maximum atomic E-state index is 12.0. The standard InChI is InChI=1S/C15H31N3O2/c1-15(2,3)20-14(19)18-11-6-7-13(8-12-18)17-10-5-4-9-16/h13,17H,4-12,16H2,1-3H3. The first-order valence-corrected chi connectivity index (χ1v) is 7.84. The van der Waals surface area contributed by atoms with Crippen molar-refractivity contribution in [3.8, 4) is 0 Å². The van der Waals surface area contributed by atoms with Crippen LogP contribution in [0.25, 0.3) is 0 Å². The van der Waals surface area contributed by atoms with Gasteiger partial charge in [0.05, 0.1) is 0 Å². The molecule has 0 aromatic heterocycles. The van der Waals surface area contributed by atoms with Crippen molar-refractivity contribution >= 4 is 6.09 Å². The molecule has 0 aliphatic carbocycles. The Morgan fingerprint density at radius 2 is 2.05 bits per heavy atom. The Hall–Kier alpha value is -0.810. The van der Waals surface area contributed by atoms with Crippen LogP contribution in [0.15, 0.2) is 0 Å². The van der Waals surface area contributed by atoms with Crippen molar-refractivity contribution in [2.24, 2.45) is 5.73 Å². The predicted molar refractivity (Wildman–Crippen MR) is 81.7 cm³/mol. The molecule has 1 amide bonds. The topological polar surface area (TPSA) is 67.6 Å². The zero-order valence-electron chi connectivity index (χ0n) is 13.3. The van der Waals surface area contributed by atoms with Crippen LogP contribution in [0, 0.1) is 0 Å². The molecule has 0 aromatic carbocycles. The Morgan fingerprint density at radius 1 is 1.30 bits per heavy atom. The monoisotopic (exact) mass is 285 g/mol. The van der Waals surface area contributed by atoms with Crippen molar-refractivity contribution in [2.45, 2.75) is 64.5 Å². The Bertz CT molecular complexity index is 289. The normalized spacial score (nSPS) is 20.6. The highest BCUT2D eigenvalue weighted by Gasteiger charge is 2.24. The van der Waals surface area contributed by atoms with Gasteiger partial charge in [0.2, 0.25) is 0 Å². The second-order valence-corrected chi connectivity index (χ2v) is 6.55. The number of likely N-dealkylation sites (tertiary alicyclic amines) is 1. The number of carbonyl (C=O) groups is 1. The van der Waals surface area contributed by atoms with Gasteiger partial charge in [0.15, 0.2) is 0 Å². The second-order valence-electron chi connectivity index (χ2n) is 6.55. The molecule has 0 saturated carbocycles. The summed E-state index contributed by atoms with van der Waals surface area (Å²) in [7, 11) is 0. The third kappa shape index (κ3) is 7.10. The molecule has 0 aromatic rings. The van der Waals surface area contributed by atoms with Crippen molar-refractivity contribution in [3.63, 3.8) is 0 Å². The minimum atomic E-state index is -0.413. The van der Waals surface area contributed by atoms with Crippen LogP contribution in [0.4, 0.5) is 4.79 Å². The van der Waals surface area contributed by atoms with E-state index in [1.165, 1.54) is 0 Å². The van der Waals surface area contributed by atoms with Gasteiger partial charge in [-0.3, -0.25) is 0 Å². The van der Waals surface area contributed by atoms with Gasteiger partial charge in [-0.25, -0.2) is 4.79 Å². The number of nitrogens with two attached hydrogens (primary N) is 1. The molecule has 0 spiro atoms. The van der Waals surface area contributed by atoms with Gasteiger partial charge >= 0.3 is 6.09 Å². The van der Waals surface area contributed by atoms with E-state index in [9.17, 15) is 4.79 Å². The first kappa shape index (κ1) is 17.2. The molecule has 118 valence electrons. The highest BCUT2D eigenvalue weighted by molar-refractivity contribution is 5.68. The zero-order valence-corrected chi connectivity index (χ0v) is 13.3. The van der Waals surface area contributed by atoms with Crippen LogP contribution >= 0.6 is 0 Å². The molecule has 3 N–H and O–H groups in total. The van der Waals surface area contributed by atoms with Gasteiger partial charge in [0.1, 0.15) is 5.60 Å². The highest BCUT2D eigenvalue weighted by Crippen LogP contribution is 2.15. The van der Waals surface area contributed by atoms with E-state index in [0.29, 0.717) is 6.04 Å². The molecule has 1 heterocycles. The third-order valence-corrected chi connectivity index (χ3v) is 3.44. The number of nitrogens with one attached hydrogen (secondary N) is 1. The van der Waals surface area contributed by atoms with Crippen LogP contribution in [0.5, 0.6) is 0 Å². The molecule has 1 aliphatic rings. The predicted octanol–water partition coefficient (Wildman–Crippen LogP) is 2.10. The molecule has 20 heavy (non-hydrogen) atoms. The fraction of sp³-hybridized carbons (Fsp3) is 0.933. The molecule has 1 unspecified atom stereocenters. The number of hydrogen-bond acceptors (Lipinski definition) is 4. The minimum Gasteiger partial charge on any atom is -0.444 e. The summed E-state index contributed by atoms with van der Waals surface area (Å²) in [6.07, 6.45) is 5.19. The molecule has 5 heteroatoms. The summed E-state index contributed by atoms with van der Waals surface area (Å²) in [4.78, 5) is 13.9. The third-order valence-electron chi connectivity index (χ3n) is 3.44. The maximum Gasteiger partial charge on any atom is 0.410 e. The first-order valence-electron chi connectivity index (χ1n) is 7.84. The van der Waals surface area contributed by atoms with E-state index in [4.69, 9.17) is 10.5 Å². The molecule has 1 saturated heterocycles. The van der Waals surface area contributed by atoms with Crippen molar-refractivity contribution in [1.29, 1.82) is 0 Å². The van der Waals surface area contributed by atoms with E-state index >= 15 is 0 Å². The van der Waals surface area contributed by atoms with Crippen molar-refractivity contribution in [1.82, 2.24) is 10.2 Å². The van der Waals surface area contributed by atoms with E-state index in [2.05, 4.69) is 5.32 Å². The molecule has 1 aliphatic heterocycles. The summed E-state index contributed by atoms with van der Waals surface area (Å²) in [5.41, 5.74) is 5.08. The fourth-order valence-corrected chi connectivity index (χ4v) is 2.39. The summed E-state index contributed by atoms with van der Waals surface area (Å²) >= 11 is 0. The van der Waals surface area contributed by atoms with Gasteiger partial charge in [-0.2, -0.15) is 0 Å². The smallest absolute Gasteiger partial charge is 0.410 e. The number of rotatable bonds is 5. The minimum absolute atomic E-state index is 0.179. The molecule has 0 bridgehead atoms. The number of ether oxygens (including phenoxy) is 1. The van der Waals surface area contributed by atoms with Crippen LogP contribution in [0.1, 0.15) is 52.9 Å². The first-order chi connectivity index (χ1) is 9.42. The lowest BCUT2D eigenvalue weighted by Gasteiger charge is -2.26. The van der Waals surface area contributed by atoms with Crippen LogP contribution in [-0.2, 0) is 4.74 Å². The van der Waals surface area contributed by atoms with Crippen molar-refractivity contribution < 1.29 is 9.53 Å². The van der Waals surface area contributed by atoms with Crippen LogP contribution in [0.2, 0.25) is 0 Å². The van der Waals surface area contributed by atoms with Gasteiger partial charge < -0.3 is 20.7 Å². The Morgan fingerprint density at radius 3 is 2.70 bits per heavy atom. The molecule has 1 fully saturated rings.